The van der Waals surface area contributed by atoms with Crippen LogP contribution in [0.1, 0.15) is 10.6 Å². The van der Waals surface area contributed by atoms with E-state index in [9.17, 15) is 19.7 Å². The maximum Gasteiger partial charge on any atom is 0.289 e. The van der Waals surface area contributed by atoms with Crippen molar-refractivity contribution in [2.24, 2.45) is 0 Å². The lowest BCUT2D eigenvalue weighted by molar-refractivity contribution is -0.384. The predicted octanol–water partition coefficient (Wildman–Crippen LogP) is 1.49. The Kier molecular flexibility index (Phi) is 6.10. The second kappa shape index (κ2) is 8.48. The molecule has 0 aliphatic heterocycles. The first kappa shape index (κ1) is 18.0. The Labute approximate surface area is 143 Å². The number of likely N-dealkylation sites (N-methyl/N-ethyl adjacent to an activating group) is 1. The van der Waals surface area contributed by atoms with Crippen molar-refractivity contribution >= 4 is 23.2 Å². The Balaban J connectivity index is 1.68. The lowest BCUT2D eigenvalue weighted by Crippen LogP contribution is -2.39. The number of amides is 2. The van der Waals surface area contributed by atoms with Crippen LogP contribution in [0.25, 0.3) is 0 Å². The summed E-state index contributed by atoms with van der Waals surface area (Å²) in [6, 6.07) is 9.12. The highest BCUT2D eigenvalue weighted by Crippen LogP contribution is 2.14. The monoisotopic (exact) mass is 346 g/mol. The zero-order valence-electron chi connectivity index (χ0n) is 13.6. The lowest BCUT2D eigenvalue weighted by Gasteiger charge is -2.15. The molecule has 0 radical (unpaired) electrons. The molecule has 132 valence electrons. The number of benzene rings is 1. The smallest absolute Gasteiger partial charge is 0.289 e. The van der Waals surface area contributed by atoms with Crippen molar-refractivity contribution in [3.05, 3.63) is 58.5 Å². The summed E-state index contributed by atoms with van der Waals surface area (Å²) in [7, 11) is 1.51. The van der Waals surface area contributed by atoms with E-state index in [-0.39, 0.29) is 29.8 Å². The largest absolute Gasteiger partial charge is 0.459 e. The van der Waals surface area contributed by atoms with Gasteiger partial charge in [-0.2, -0.15) is 0 Å². The van der Waals surface area contributed by atoms with Crippen LogP contribution in [-0.4, -0.2) is 48.3 Å². The highest BCUT2D eigenvalue weighted by molar-refractivity contribution is 5.94. The minimum absolute atomic E-state index is 0.0168. The molecule has 0 saturated heterocycles. The van der Waals surface area contributed by atoms with Gasteiger partial charge in [0.15, 0.2) is 5.76 Å². The molecule has 2 N–H and O–H groups in total. The quantitative estimate of drug-likeness (QED) is 0.425. The minimum Gasteiger partial charge on any atom is -0.459 e. The van der Waals surface area contributed by atoms with Crippen molar-refractivity contribution in [3.8, 4) is 0 Å². The number of hydrogen-bond donors (Lipinski definition) is 2. The van der Waals surface area contributed by atoms with E-state index < -0.39 is 4.92 Å². The van der Waals surface area contributed by atoms with E-state index in [4.69, 9.17) is 4.42 Å². The number of carbonyl (C=O) groups is 2. The summed E-state index contributed by atoms with van der Waals surface area (Å²) in [6.07, 6.45) is 1.39. The second-order valence-corrected chi connectivity index (χ2v) is 5.22. The third-order valence-electron chi connectivity index (χ3n) is 3.31. The first-order valence-electron chi connectivity index (χ1n) is 7.51. The number of hydrogen-bond acceptors (Lipinski definition) is 6. The maximum absolute atomic E-state index is 11.9. The van der Waals surface area contributed by atoms with Gasteiger partial charge in [0.05, 0.1) is 17.7 Å². The lowest BCUT2D eigenvalue weighted by atomic mass is 10.3. The number of nitro groups is 1. The van der Waals surface area contributed by atoms with Gasteiger partial charge in [-0.25, -0.2) is 0 Å². The molecule has 0 fully saturated rings. The molecule has 0 unspecified atom stereocenters. The van der Waals surface area contributed by atoms with Crippen molar-refractivity contribution in [2.75, 3.05) is 32.0 Å². The average Bonchev–Trinajstić information content (AvgIpc) is 3.13. The van der Waals surface area contributed by atoms with Gasteiger partial charge in [0.25, 0.3) is 11.6 Å². The van der Waals surface area contributed by atoms with E-state index in [2.05, 4.69) is 10.6 Å². The summed E-state index contributed by atoms with van der Waals surface area (Å²) in [5, 5.41) is 16.3. The van der Waals surface area contributed by atoms with E-state index >= 15 is 0 Å². The molecule has 9 heteroatoms. The van der Waals surface area contributed by atoms with Crippen LogP contribution in [-0.2, 0) is 4.79 Å². The zero-order valence-corrected chi connectivity index (χ0v) is 13.6. The van der Waals surface area contributed by atoms with Crippen LogP contribution < -0.4 is 10.6 Å². The first-order valence-corrected chi connectivity index (χ1v) is 7.51. The van der Waals surface area contributed by atoms with E-state index in [0.29, 0.717) is 18.8 Å². The molecule has 2 rings (SSSR count). The Morgan fingerprint density at radius 1 is 1.20 bits per heavy atom. The molecular formula is C16H18N4O5. The zero-order chi connectivity index (χ0) is 18.2. The standard InChI is InChI=1S/C16H18N4O5/c1-19(16(22)14-3-2-10-25-14)11-15(21)18-9-8-17-12-4-6-13(7-5-12)20(23)24/h2-7,10,17H,8-9,11H2,1H3,(H,18,21). The van der Waals surface area contributed by atoms with Gasteiger partial charge in [-0.15, -0.1) is 0 Å². The molecule has 1 aromatic heterocycles. The Hall–Kier alpha value is -3.36. The SMILES string of the molecule is CN(CC(=O)NCCNc1ccc([N+](=O)[O-])cc1)C(=O)c1ccco1. The molecule has 1 heterocycles. The van der Waals surface area contributed by atoms with Gasteiger partial charge in [0.1, 0.15) is 0 Å². The van der Waals surface area contributed by atoms with Gasteiger partial charge >= 0.3 is 0 Å². The molecule has 0 saturated carbocycles. The molecule has 0 spiro atoms. The van der Waals surface area contributed by atoms with Crippen LogP contribution in [0.3, 0.4) is 0 Å². The maximum atomic E-state index is 11.9. The van der Waals surface area contributed by atoms with Gasteiger partial charge in [-0.1, -0.05) is 0 Å². The first-order chi connectivity index (χ1) is 12.0. The molecule has 0 aliphatic rings. The van der Waals surface area contributed by atoms with Gasteiger partial charge < -0.3 is 20.0 Å². The number of nitrogens with zero attached hydrogens (tertiary/aromatic N) is 2. The fourth-order valence-electron chi connectivity index (χ4n) is 2.04. The van der Waals surface area contributed by atoms with Gasteiger partial charge in [-0.05, 0) is 24.3 Å². The highest BCUT2D eigenvalue weighted by atomic mass is 16.6. The second-order valence-electron chi connectivity index (χ2n) is 5.22. The normalized spacial score (nSPS) is 10.1. The minimum atomic E-state index is -0.468. The predicted molar refractivity (Wildman–Crippen MR) is 90.3 cm³/mol. The summed E-state index contributed by atoms with van der Waals surface area (Å²) >= 11 is 0. The van der Waals surface area contributed by atoms with Crippen molar-refractivity contribution in [3.63, 3.8) is 0 Å². The van der Waals surface area contributed by atoms with Crippen LogP contribution in [0.15, 0.2) is 47.1 Å². The summed E-state index contributed by atoms with van der Waals surface area (Å²) in [6.45, 7) is 0.703. The van der Waals surface area contributed by atoms with Gasteiger partial charge in [0.2, 0.25) is 5.91 Å². The van der Waals surface area contributed by atoms with Gasteiger partial charge in [-0.3, -0.25) is 19.7 Å². The fraction of sp³-hybridized carbons (Fsp3) is 0.250. The topological polar surface area (TPSA) is 118 Å². The van der Waals surface area contributed by atoms with E-state index in [1.807, 2.05) is 0 Å². The molecule has 2 amide bonds. The number of nitro benzene ring substituents is 1. The van der Waals surface area contributed by atoms with Crippen molar-refractivity contribution in [1.29, 1.82) is 0 Å². The molecule has 9 nitrogen and oxygen atoms in total. The van der Waals surface area contributed by atoms with Gasteiger partial charge in [0, 0.05) is 38.0 Å². The van der Waals surface area contributed by atoms with Crippen LogP contribution in [0.4, 0.5) is 11.4 Å². The van der Waals surface area contributed by atoms with E-state index in [0.717, 1.165) is 0 Å². The third-order valence-corrected chi connectivity index (χ3v) is 3.31. The number of non-ortho nitro benzene ring substituents is 1. The molecule has 1 aromatic carbocycles. The number of furan rings is 1. The van der Waals surface area contributed by atoms with Crippen LogP contribution >= 0.6 is 0 Å². The molecule has 0 atom stereocenters. The Morgan fingerprint density at radius 3 is 2.52 bits per heavy atom. The van der Waals surface area contributed by atoms with Crippen LogP contribution in [0, 0.1) is 10.1 Å². The van der Waals surface area contributed by atoms with Crippen molar-refractivity contribution in [1.82, 2.24) is 10.2 Å². The summed E-state index contributed by atoms with van der Waals surface area (Å²) in [4.78, 5) is 35.1. The summed E-state index contributed by atoms with van der Waals surface area (Å²) in [5.41, 5.74) is 0.730. The van der Waals surface area contributed by atoms with Crippen molar-refractivity contribution < 1.29 is 18.9 Å². The number of nitrogens with one attached hydrogen (secondary N) is 2. The van der Waals surface area contributed by atoms with Crippen LogP contribution in [0.2, 0.25) is 0 Å². The van der Waals surface area contributed by atoms with Crippen molar-refractivity contribution in [2.45, 2.75) is 0 Å². The summed E-state index contributed by atoms with van der Waals surface area (Å²) in [5.74, 6) is -0.493. The fourth-order valence-corrected chi connectivity index (χ4v) is 2.04. The number of anilines is 1. The van der Waals surface area contributed by atoms with E-state index in [1.54, 1.807) is 18.2 Å². The Bertz CT molecular complexity index is 727. The van der Waals surface area contributed by atoms with Crippen LogP contribution in [0.5, 0.6) is 0 Å². The molecule has 0 bridgehead atoms. The third kappa shape index (κ3) is 5.34. The highest BCUT2D eigenvalue weighted by Gasteiger charge is 2.16. The van der Waals surface area contributed by atoms with E-state index in [1.165, 1.54) is 36.4 Å². The number of rotatable bonds is 8. The Morgan fingerprint density at radius 2 is 1.92 bits per heavy atom. The molecule has 2 aromatic rings. The summed E-state index contributed by atoms with van der Waals surface area (Å²) < 4.78 is 4.99. The molecule has 0 aliphatic carbocycles. The number of carbonyl (C=O) groups excluding carboxylic acids is 2. The molecular weight excluding hydrogens is 328 g/mol. The molecule has 25 heavy (non-hydrogen) atoms. The average molecular weight is 346 g/mol.